The number of hydrogen-bond donors (Lipinski definition) is 0. The third-order valence-corrected chi connectivity index (χ3v) is 3.61. The lowest BCUT2D eigenvalue weighted by Gasteiger charge is -2.16. The molecule has 0 heterocycles. The van der Waals surface area contributed by atoms with E-state index in [1.54, 1.807) is 0 Å². The molecule has 0 N–H and O–H groups in total. The van der Waals surface area contributed by atoms with E-state index in [9.17, 15) is 27.2 Å². The molecule has 2 aromatic rings. The summed E-state index contributed by atoms with van der Waals surface area (Å²) in [7, 11) is 0. The van der Waals surface area contributed by atoms with E-state index < -0.39 is 40.6 Å². The first kappa shape index (κ1) is 14.4. The molecule has 6 heteroatoms. The van der Waals surface area contributed by atoms with Crippen LogP contribution in [0.3, 0.4) is 0 Å². The Bertz CT molecular complexity index is 758. The smallest absolute Gasteiger partial charge is 0.293 e. The first-order chi connectivity index (χ1) is 10.3. The van der Waals surface area contributed by atoms with Crippen LogP contribution in [0, 0.1) is 5.82 Å². The van der Waals surface area contributed by atoms with Gasteiger partial charge >= 0.3 is 6.18 Å². The number of hydrogen-bond acceptors (Lipinski definition) is 2. The summed E-state index contributed by atoms with van der Waals surface area (Å²) >= 11 is 0. The van der Waals surface area contributed by atoms with Gasteiger partial charge < -0.3 is 0 Å². The summed E-state index contributed by atoms with van der Waals surface area (Å²) in [4.78, 5) is 24.6. The van der Waals surface area contributed by atoms with Crippen LogP contribution in [0.5, 0.6) is 0 Å². The van der Waals surface area contributed by atoms with E-state index in [2.05, 4.69) is 0 Å². The van der Waals surface area contributed by atoms with Crippen LogP contribution in [0.2, 0.25) is 0 Å². The van der Waals surface area contributed by atoms with Crippen LogP contribution in [-0.4, -0.2) is 11.6 Å². The van der Waals surface area contributed by atoms with Crippen LogP contribution in [0.25, 0.3) is 0 Å². The number of ketones is 2. The zero-order chi connectivity index (χ0) is 16.1. The summed E-state index contributed by atoms with van der Waals surface area (Å²) in [5.41, 5.74) is -1.63. The van der Waals surface area contributed by atoms with Gasteiger partial charge in [-0.1, -0.05) is 30.3 Å². The van der Waals surface area contributed by atoms with E-state index in [0.717, 1.165) is 12.1 Å². The summed E-state index contributed by atoms with van der Waals surface area (Å²) in [5, 5.41) is 0. The topological polar surface area (TPSA) is 34.1 Å². The predicted molar refractivity (Wildman–Crippen MR) is 69.2 cm³/mol. The van der Waals surface area contributed by atoms with Crippen molar-refractivity contribution in [1.82, 2.24) is 0 Å². The molecule has 0 fully saturated rings. The summed E-state index contributed by atoms with van der Waals surface area (Å²) in [5.74, 6) is -4.04. The lowest BCUT2D eigenvalue weighted by molar-refractivity contribution is -0.138. The van der Waals surface area contributed by atoms with Crippen molar-refractivity contribution in [2.24, 2.45) is 0 Å². The number of carbonyl (C=O) groups excluding carboxylic acids is 2. The Labute approximate surface area is 122 Å². The van der Waals surface area contributed by atoms with Crippen molar-refractivity contribution in [2.45, 2.75) is 12.1 Å². The Balaban J connectivity index is 2.19. The SMILES string of the molecule is O=C1c2ccccc2C(=O)C1c1ccc(F)cc1C(F)(F)F. The molecule has 2 aromatic carbocycles. The molecule has 0 saturated heterocycles. The van der Waals surface area contributed by atoms with Crippen molar-refractivity contribution in [1.29, 1.82) is 0 Å². The van der Waals surface area contributed by atoms with Gasteiger partial charge in [-0.25, -0.2) is 4.39 Å². The minimum Gasteiger partial charge on any atom is -0.293 e. The Morgan fingerprint density at radius 1 is 0.864 bits per heavy atom. The number of rotatable bonds is 1. The molecule has 3 rings (SSSR count). The van der Waals surface area contributed by atoms with Gasteiger partial charge in [0.25, 0.3) is 0 Å². The molecule has 112 valence electrons. The highest BCUT2D eigenvalue weighted by Crippen LogP contribution is 2.41. The Morgan fingerprint density at radius 2 is 1.41 bits per heavy atom. The fourth-order valence-electron chi connectivity index (χ4n) is 2.65. The molecule has 1 aliphatic carbocycles. The van der Waals surface area contributed by atoms with Gasteiger partial charge in [0, 0.05) is 11.1 Å². The van der Waals surface area contributed by atoms with Gasteiger partial charge in [0.1, 0.15) is 11.7 Å². The van der Waals surface area contributed by atoms with Crippen LogP contribution in [0.15, 0.2) is 42.5 Å². The zero-order valence-corrected chi connectivity index (χ0v) is 10.9. The number of fused-ring (bicyclic) bond motifs is 1. The zero-order valence-electron chi connectivity index (χ0n) is 10.9. The standard InChI is InChI=1S/C16H8F4O2/c17-8-5-6-11(12(7-8)16(18,19)20)13-14(21)9-3-1-2-4-10(9)15(13)22/h1-7,13H. The molecule has 0 aromatic heterocycles. The maximum atomic E-state index is 13.2. The van der Waals surface area contributed by atoms with E-state index >= 15 is 0 Å². The average molecular weight is 308 g/mol. The van der Waals surface area contributed by atoms with Gasteiger partial charge in [-0.2, -0.15) is 13.2 Å². The van der Waals surface area contributed by atoms with Crippen molar-refractivity contribution in [3.05, 3.63) is 70.5 Å². The number of benzene rings is 2. The molecule has 0 aliphatic heterocycles. The lowest BCUT2D eigenvalue weighted by Crippen LogP contribution is -2.19. The highest BCUT2D eigenvalue weighted by atomic mass is 19.4. The van der Waals surface area contributed by atoms with Crippen LogP contribution >= 0.6 is 0 Å². The fourth-order valence-corrected chi connectivity index (χ4v) is 2.65. The van der Waals surface area contributed by atoms with E-state index in [4.69, 9.17) is 0 Å². The number of alkyl halides is 3. The predicted octanol–water partition coefficient (Wildman–Crippen LogP) is 4.01. The fraction of sp³-hybridized carbons (Fsp3) is 0.125. The normalized spacial score (nSPS) is 15.3. The van der Waals surface area contributed by atoms with E-state index in [0.29, 0.717) is 6.07 Å². The molecule has 0 unspecified atom stereocenters. The van der Waals surface area contributed by atoms with E-state index in [-0.39, 0.29) is 11.1 Å². The molecule has 0 radical (unpaired) electrons. The van der Waals surface area contributed by atoms with Gasteiger partial charge in [-0.3, -0.25) is 9.59 Å². The molecular weight excluding hydrogens is 300 g/mol. The highest BCUT2D eigenvalue weighted by Gasteiger charge is 2.44. The molecule has 2 nitrogen and oxygen atoms in total. The molecule has 1 aliphatic rings. The monoisotopic (exact) mass is 308 g/mol. The summed E-state index contributed by atoms with van der Waals surface area (Å²) in [6, 6.07) is 7.82. The Morgan fingerprint density at radius 3 is 1.91 bits per heavy atom. The van der Waals surface area contributed by atoms with Crippen molar-refractivity contribution >= 4 is 11.6 Å². The molecule has 0 spiro atoms. The second-order valence-corrected chi connectivity index (χ2v) is 4.94. The van der Waals surface area contributed by atoms with Crippen LogP contribution in [0.4, 0.5) is 17.6 Å². The van der Waals surface area contributed by atoms with Gasteiger partial charge in [0.2, 0.25) is 0 Å². The minimum atomic E-state index is -4.85. The van der Waals surface area contributed by atoms with Crippen LogP contribution in [0.1, 0.15) is 37.8 Å². The molecule has 0 amide bonds. The lowest BCUT2D eigenvalue weighted by atomic mass is 9.90. The maximum Gasteiger partial charge on any atom is 0.416 e. The largest absolute Gasteiger partial charge is 0.416 e. The van der Waals surface area contributed by atoms with Crippen molar-refractivity contribution in [3.8, 4) is 0 Å². The maximum absolute atomic E-state index is 13.2. The first-order valence-corrected chi connectivity index (χ1v) is 6.35. The second kappa shape index (κ2) is 4.76. The number of halogens is 4. The second-order valence-electron chi connectivity index (χ2n) is 4.94. The molecule has 0 atom stereocenters. The van der Waals surface area contributed by atoms with E-state index in [1.807, 2.05) is 0 Å². The highest BCUT2D eigenvalue weighted by molar-refractivity contribution is 6.29. The van der Waals surface area contributed by atoms with Crippen LogP contribution < -0.4 is 0 Å². The Kier molecular flexibility index (Phi) is 3.12. The van der Waals surface area contributed by atoms with Gasteiger partial charge in [-0.05, 0) is 17.7 Å². The molecule has 0 bridgehead atoms. The number of carbonyl (C=O) groups is 2. The third-order valence-electron chi connectivity index (χ3n) is 3.61. The summed E-state index contributed by atoms with van der Waals surface area (Å²) in [6.45, 7) is 0. The van der Waals surface area contributed by atoms with Gasteiger partial charge in [0.15, 0.2) is 11.6 Å². The van der Waals surface area contributed by atoms with E-state index in [1.165, 1.54) is 24.3 Å². The summed E-state index contributed by atoms with van der Waals surface area (Å²) < 4.78 is 52.4. The average Bonchev–Trinajstić information content (AvgIpc) is 2.71. The first-order valence-electron chi connectivity index (χ1n) is 6.35. The van der Waals surface area contributed by atoms with Crippen molar-refractivity contribution in [2.75, 3.05) is 0 Å². The van der Waals surface area contributed by atoms with Gasteiger partial charge in [0.05, 0.1) is 5.56 Å². The van der Waals surface area contributed by atoms with Crippen molar-refractivity contribution in [3.63, 3.8) is 0 Å². The third kappa shape index (κ3) is 2.11. The summed E-state index contributed by atoms with van der Waals surface area (Å²) in [6.07, 6.45) is -4.85. The van der Waals surface area contributed by atoms with Gasteiger partial charge in [-0.15, -0.1) is 0 Å². The quantitative estimate of drug-likeness (QED) is 0.589. The molecule has 0 saturated carbocycles. The van der Waals surface area contributed by atoms with Crippen molar-refractivity contribution < 1.29 is 27.2 Å². The molecular formula is C16H8F4O2. The number of Topliss-reactive ketones (excluding diaryl/α,β-unsaturated/α-hetero) is 2. The van der Waals surface area contributed by atoms with Crippen LogP contribution in [-0.2, 0) is 6.18 Å². The minimum absolute atomic E-state index is 0.0925. The molecule has 22 heavy (non-hydrogen) atoms. The Hall–Kier alpha value is -2.50.